The first-order valence-electron chi connectivity index (χ1n) is 11.6. The van der Waals surface area contributed by atoms with Gasteiger partial charge in [0.05, 0.1) is 36.8 Å². The van der Waals surface area contributed by atoms with E-state index in [4.69, 9.17) is 16.3 Å². The number of likely N-dealkylation sites (N-methyl/N-ethyl adjacent to an activating group) is 1. The van der Waals surface area contributed by atoms with Gasteiger partial charge >= 0.3 is 0 Å². The number of sulfonamides is 2. The summed E-state index contributed by atoms with van der Waals surface area (Å²) in [5.41, 5.74) is 0.654. The van der Waals surface area contributed by atoms with Crippen LogP contribution in [0.15, 0.2) is 47.4 Å². The van der Waals surface area contributed by atoms with Crippen LogP contribution in [0.5, 0.6) is 5.75 Å². The van der Waals surface area contributed by atoms with Gasteiger partial charge in [-0.3, -0.25) is 9.52 Å². The van der Waals surface area contributed by atoms with Gasteiger partial charge in [0.1, 0.15) is 11.9 Å². The second kappa shape index (κ2) is 11.6. The lowest BCUT2D eigenvalue weighted by Crippen LogP contribution is -2.48. The van der Waals surface area contributed by atoms with Gasteiger partial charge in [-0.05, 0) is 49.4 Å². The summed E-state index contributed by atoms with van der Waals surface area (Å²) in [6.07, 6.45) is 0.385. The van der Waals surface area contributed by atoms with E-state index in [0.29, 0.717) is 16.3 Å². The molecule has 1 amide bonds. The summed E-state index contributed by atoms with van der Waals surface area (Å²) in [6, 6.07) is 9.84. The van der Waals surface area contributed by atoms with Crippen molar-refractivity contribution in [1.82, 2.24) is 9.21 Å². The average molecular weight is 574 g/mol. The molecule has 0 fully saturated rings. The van der Waals surface area contributed by atoms with Gasteiger partial charge in [0, 0.05) is 35.8 Å². The molecule has 2 aromatic carbocycles. The van der Waals surface area contributed by atoms with Gasteiger partial charge in [-0.25, -0.2) is 21.1 Å². The second-order valence-electron chi connectivity index (χ2n) is 9.31. The van der Waals surface area contributed by atoms with Crippen molar-refractivity contribution < 1.29 is 31.5 Å². The van der Waals surface area contributed by atoms with Crippen LogP contribution in [0.2, 0.25) is 5.02 Å². The van der Waals surface area contributed by atoms with E-state index in [0.717, 1.165) is 6.26 Å². The number of amides is 1. The van der Waals surface area contributed by atoms with E-state index >= 15 is 0 Å². The van der Waals surface area contributed by atoms with Crippen molar-refractivity contribution in [3.8, 4) is 5.75 Å². The first-order chi connectivity index (χ1) is 17.2. The third kappa shape index (κ3) is 7.35. The summed E-state index contributed by atoms with van der Waals surface area (Å²) < 4.78 is 59.8. The van der Waals surface area contributed by atoms with E-state index in [1.807, 2.05) is 6.92 Å². The van der Waals surface area contributed by atoms with Crippen LogP contribution in [0.3, 0.4) is 0 Å². The van der Waals surface area contributed by atoms with E-state index in [9.17, 15) is 26.7 Å². The van der Waals surface area contributed by atoms with E-state index in [2.05, 4.69) is 4.72 Å². The lowest BCUT2D eigenvalue weighted by atomic mass is 10.0. The van der Waals surface area contributed by atoms with E-state index in [1.54, 1.807) is 17.9 Å². The first-order valence-corrected chi connectivity index (χ1v) is 15.3. The van der Waals surface area contributed by atoms with Crippen LogP contribution in [-0.4, -0.2) is 82.2 Å². The minimum Gasteiger partial charge on any atom is -0.488 e. The van der Waals surface area contributed by atoms with E-state index < -0.39 is 32.2 Å². The van der Waals surface area contributed by atoms with Crippen LogP contribution in [-0.2, 0) is 31.3 Å². The van der Waals surface area contributed by atoms with Crippen molar-refractivity contribution in [1.29, 1.82) is 0 Å². The minimum absolute atomic E-state index is 0.0217. The van der Waals surface area contributed by atoms with Crippen LogP contribution in [0.1, 0.15) is 19.4 Å². The number of hydrogen-bond donors (Lipinski definition) is 2. The predicted octanol–water partition coefficient (Wildman–Crippen LogP) is 2.18. The lowest BCUT2D eigenvalue weighted by Gasteiger charge is -2.33. The first kappa shape index (κ1) is 29.2. The Balaban J connectivity index is 1.99. The number of fused-ring (bicyclic) bond motifs is 1. The maximum absolute atomic E-state index is 13.3. The Bertz CT molecular complexity index is 1330. The number of carbonyl (C=O) groups is 1. The third-order valence-electron chi connectivity index (χ3n) is 6.30. The molecule has 2 aromatic rings. The molecular weight excluding hydrogens is 542 g/mol. The van der Waals surface area contributed by atoms with Crippen molar-refractivity contribution in [2.45, 2.75) is 37.3 Å². The summed E-state index contributed by atoms with van der Waals surface area (Å²) in [4.78, 5) is 14.8. The van der Waals surface area contributed by atoms with Gasteiger partial charge in [0.15, 0.2) is 0 Å². The maximum Gasteiger partial charge on any atom is 0.261 e. The Kier molecular flexibility index (Phi) is 9.12. The minimum atomic E-state index is -3.92. The number of aliphatic hydroxyl groups is 1. The third-order valence-corrected chi connectivity index (χ3v) is 9.23. The van der Waals surface area contributed by atoms with Crippen molar-refractivity contribution in [2.24, 2.45) is 5.92 Å². The summed E-state index contributed by atoms with van der Waals surface area (Å²) >= 11 is 5.86. The molecule has 10 nitrogen and oxygen atoms in total. The van der Waals surface area contributed by atoms with Gasteiger partial charge in [0.2, 0.25) is 15.9 Å². The number of anilines is 1. The molecule has 3 rings (SSSR count). The molecule has 204 valence electrons. The Morgan fingerprint density at radius 3 is 2.43 bits per heavy atom. The van der Waals surface area contributed by atoms with Crippen LogP contribution in [0.25, 0.3) is 0 Å². The maximum atomic E-state index is 13.3. The monoisotopic (exact) mass is 573 g/mol. The highest BCUT2D eigenvalue weighted by atomic mass is 35.5. The number of hydrogen-bond acceptors (Lipinski definition) is 7. The van der Waals surface area contributed by atoms with Gasteiger partial charge in [0.25, 0.3) is 10.0 Å². The zero-order chi connectivity index (χ0) is 27.5. The van der Waals surface area contributed by atoms with Gasteiger partial charge in [-0.15, -0.1) is 0 Å². The fourth-order valence-electron chi connectivity index (χ4n) is 3.93. The van der Waals surface area contributed by atoms with Crippen LogP contribution in [0, 0.1) is 5.92 Å². The largest absolute Gasteiger partial charge is 0.488 e. The quantitative estimate of drug-likeness (QED) is 0.494. The topological polar surface area (TPSA) is 133 Å². The fraction of sp³-hybridized carbons (Fsp3) is 0.458. The molecule has 1 aliphatic heterocycles. The standard InChI is InChI=1S/C24H32ClN3O7S2/c1-16-13-28(17(2)15-29)24(30)12-18-11-20(26-37(33,34)21-8-5-19(25)6-9-21)7-10-22(18)35-23(16)14-27(3)36(4,31)32/h5-11,16-17,23,26,29H,12-15H2,1-4H3/t16-,17-,23-/m0/s1. The van der Waals surface area contributed by atoms with Gasteiger partial charge < -0.3 is 14.7 Å². The molecule has 0 radical (unpaired) electrons. The fourth-order valence-corrected chi connectivity index (χ4v) is 5.52. The highest BCUT2D eigenvalue weighted by Crippen LogP contribution is 2.30. The summed E-state index contributed by atoms with van der Waals surface area (Å²) in [5.74, 6) is -0.204. The number of nitrogens with zero attached hydrogens (tertiary/aromatic N) is 2. The Hall–Kier alpha value is -2.38. The molecule has 0 bridgehead atoms. The molecule has 37 heavy (non-hydrogen) atoms. The molecule has 3 atom stereocenters. The number of benzene rings is 2. The zero-order valence-electron chi connectivity index (χ0n) is 21.1. The van der Waals surface area contributed by atoms with E-state index in [1.165, 1.54) is 47.8 Å². The van der Waals surface area contributed by atoms with Crippen LogP contribution < -0.4 is 9.46 Å². The number of rotatable bonds is 8. The summed E-state index contributed by atoms with van der Waals surface area (Å²) in [7, 11) is -5.96. The second-order valence-corrected chi connectivity index (χ2v) is 13.5. The van der Waals surface area contributed by atoms with Gasteiger partial charge in [-0.1, -0.05) is 18.5 Å². The average Bonchev–Trinajstić information content (AvgIpc) is 2.86. The number of nitrogens with one attached hydrogen (secondary N) is 1. The molecular formula is C24H32ClN3O7S2. The highest BCUT2D eigenvalue weighted by Gasteiger charge is 2.32. The molecule has 2 N–H and O–H groups in total. The summed E-state index contributed by atoms with van der Waals surface area (Å²) in [5, 5.41) is 10.1. The smallest absolute Gasteiger partial charge is 0.261 e. The summed E-state index contributed by atoms with van der Waals surface area (Å²) in [6.45, 7) is 3.61. The molecule has 0 aromatic heterocycles. The Morgan fingerprint density at radius 2 is 1.84 bits per heavy atom. The Labute approximate surface area is 223 Å². The van der Waals surface area contributed by atoms with E-state index in [-0.39, 0.29) is 48.5 Å². The zero-order valence-corrected chi connectivity index (χ0v) is 23.5. The highest BCUT2D eigenvalue weighted by molar-refractivity contribution is 7.92. The van der Waals surface area contributed by atoms with Crippen molar-refractivity contribution in [3.05, 3.63) is 53.1 Å². The molecule has 0 unspecified atom stereocenters. The normalized spacial score (nSPS) is 19.9. The molecule has 0 spiro atoms. The molecule has 13 heteroatoms. The molecule has 1 aliphatic rings. The van der Waals surface area contributed by atoms with Gasteiger partial charge in [-0.2, -0.15) is 0 Å². The number of halogens is 1. The molecule has 0 aliphatic carbocycles. The number of ether oxygens (including phenoxy) is 1. The molecule has 0 saturated heterocycles. The predicted molar refractivity (Wildman–Crippen MR) is 142 cm³/mol. The van der Waals surface area contributed by atoms with Crippen molar-refractivity contribution in [3.63, 3.8) is 0 Å². The SMILES string of the molecule is C[C@H]1CN([C@@H](C)CO)C(=O)Cc2cc(NS(=O)(=O)c3ccc(Cl)cc3)ccc2O[C@H]1CN(C)S(C)(=O)=O. The Morgan fingerprint density at radius 1 is 1.19 bits per heavy atom. The molecule has 1 heterocycles. The van der Waals surface area contributed by atoms with Crippen molar-refractivity contribution in [2.75, 3.05) is 37.7 Å². The van der Waals surface area contributed by atoms with Crippen molar-refractivity contribution >= 4 is 43.2 Å². The van der Waals surface area contributed by atoms with Crippen LogP contribution >= 0.6 is 11.6 Å². The number of carbonyl (C=O) groups excluding carboxylic acids is 1. The number of aliphatic hydroxyl groups excluding tert-OH is 1. The molecule has 0 saturated carbocycles. The lowest BCUT2D eigenvalue weighted by molar-refractivity contribution is -0.134. The van der Waals surface area contributed by atoms with Crippen LogP contribution in [0.4, 0.5) is 5.69 Å².